The van der Waals surface area contributed by atoms with Gasteiger partial charge in [-0.1, -0.05) is 67.6 Å². The highest BCUT2D eigenvalue weighted by Crippen LogP contribution is 2.25. The molecule has 15 heteroatoms. The van der Waals surface area contributed by atoms with Crippen LogP contribution < -0.4 is 0 Å². The maximum Gasteiger partial charge on any atom is 0.411 e. The van der Waals surface area contributed by atoms with Crippen molar-refractivity contribution in [1.82, 2.24) is 9.80 Å². The largest absolute Gasteiger partial charge is 0.467 e. The molecule has 2 amide bonds. The quantitative estimate of drug-likeness (QED) is 0.254. The van der Waals surface area contributed by atoms with Gasteiger partial charge in [0, 0.05) is 13.7 Å². The van der Waals surface area contributed by atoms with Crippen LogP contribution in [0.3, 0.4) is 0 Å². The second-order valence-electron chi connectivity index (χ2n) is 10.1. The van der Waals surface area contributed by atoms with Crippen molar-refractivity contribution in [2.45, 2.75) is 58.0 Å². The highest BCUT2D eigenvalue weighted by atomic mass is 35.5. The van der Waals surface area contributed by atoms with E-state index in [0.717, 1.165) is 18.2 Å². The number of esters is 2. The fourth-order valence-corrected chi connectivity index (χ4v) is 4.78. The van der Waals surface area contributed by atoms with Gasteiger partial charge in [-0.2, -0.15) is 9.59 Å². The van der Waals surface area contributed by atoms with Gasteiger partial charge in [0.15, 0.2) is 0 Å². The van der Waals surface area contributed by atoms with Crippen LogP contribution in [0.15, 0.2) is 60.7 Å². The van der Waals surface area contributed by atoms with E-state index in [-0.39, 0.29) is 56.8 Å². The van der Waals surface area contributed by atoms with Crippen LogP contribution in [0.4, 0.5) is 9.59 Å². The van der Waals surface area contributed by atoms with Crippen LogP contribution in [-0.2, 0) is 51.3 Å². The van der Waals surface area contributed by atoms with Crippen molar-refractivity contribution < 1.29 is 52.8 Å². The van der Waals surface area contributed by atoms with Crippen LogP contribution in [-0.4, -0.2) is 97.2 Å². The second kappa shape index (κ2) is 24.2. The minimum Gasteiger partial charge on any atom is -0.467 e. The lowest BCUT2D eigenvalue weighted by molar-refractivity contribution is -0.191. The summed E-state index contributed by atoms with van der Waals surface area (Å²) in [5, 5.41) is 7.00. The Morgan fingerprint density at radius 1 is 0.812 bits per heavy atom. The van der Waals surface area contributed by atoms with Gasteiger partial charge in [-0.15, -0.1) is 12.4 Å². The fraction of sp³-hybridized carbons (Fsp3) is 0.455. The van der Waals surface area contributed by atoms with E-state index in [1.165, 1.54) is 16.9 Å². The van der Waals surface area contributed by atoms with E-state index < -0.39 is 36.3 Å². The molecule has 0 aliphatic carbocycles. The third-order valence-corrected chi connectivity index (χ3v) is 6.88. The SMILES string of the molecule is CO.COC(=O)[C@@H]1C[C@H](C)CN1C(=O)OCc1ccccc1.Cl.O=C=O.[C-]#[N+][C@H]1C[C@@H](C(=O)OCC)N(C(=O)OCc2ccccc2)C1. The van der Waals surface area contributed by atoms with E-state index >= 15 is 0 Å². The van der Waals surface area contributed by atoms with Crippen molar-refractivity contribution >= 4 is 42.7 Å². The van der Waals surface area contributed by atoms with Crippen LogP contribution in [0.25, 0.3) is 4.85 Å². The number of carbonyl (C=O) groups excluding carboxylic acids is 6. The molecule has 2 aromatic rings. The van der Waals surface area contributed by atoms with Gasteiger partial charge in [-0.25, -0.2) is 25.8 Å². The number of hydrogen-bond acceptors (Lipinski definition) is 11. The van der Waals surface area contributed by atoms with Gasteiger partial charge < -0.3 is 28.9 Å². The molecule has 4 atom stereocenters. The first-order chi connectivity index (χ1) is 22.7. The number of aliphatic hydroxyl groups is 1. The molecule has 0 unspecified atom stereocenters. The molecule has 0 spiro atoms. The zero-order chi connectivity index (χ0) is 35.2. The molecule has 1 N–H and O–H groups in total. The molecule has 0 radical (unpaired) electrons. The fourth-order valence-electron chi connectivity index (χ4n) is 4.78. The Balaban J connectivity index is 0.000000799. The van der Waals surface area contributed by atoms with Crippen molar-refractivity contribution in [2.24, 2.45) is 5.92 Å². The summed E-state index contributed by atoms with van der Waals surface area (Å²) in [6, 6.07) is 17.1. The molecule has 2 aromatic carbocycles. The molecule has 2 aliphatic heterocycles. The van der Waals surface area contributed by atoms with E-state index in [9.17, 15) is 19.2 Å². The van der Waals surface area contributed by atoms with Gasteiger partial charge in [0.05, 0.1) is 20.1 Å². The predicted molar refractivity (Wildman–Crippen MR) is 172 cm³/mol. The van der Waals surface area contributed by atoms with Crippen molar-refractivity contribution in [3.8, 4) is 0 Å². The van der Waals surface area contributed by atoms with Crippen LogP contribution in [0.5, 0.6) is 0 Å². The third-order valence-electron chi connectivity index (χ3n) is 6.88. The average Bonchev–Trinajstić information content (AvgIpc) is 3.72. The molecule has 48 heavy (non-hydrogen) atoms. The number of methoxy groups -OCH3 is 1. The lowest BCUT2D eigenvalue weighted by atomic mass is 10.1. The number of ether oxygens (including phenoxy) is 4. The van der Waals surface area contributed by atoms with E-state index in [2.05, 4.69) is 4.85 Å². The van der Waals surface area contributed by atoms with E-state index in [1.807, 2.05) is 67.6 Å². The van der Waals surface area contributed by atoms with Gasteiger partial charge in [0.2, 0.25) is 6.04 Å². The Morgan fingerprint density at radius 3 is 1.67 bits per heavy atom. The topological polar surface area (TPSA) is 170 Å². The summed E-state index contributed by atoms with van der Waals surface area (Å²) in [5.41, 5.74) is 1.78. The Hall–Kier alpha value is -4.96. The Labute approximate surface area is 286 Å². The van der Waals surface area contributed by atoms with Gasteiger partial charge in [-0.3, -0.25) is 9.80 Å². The zero-order valence-corrected chi connectivity index (χ0v) is 28.1. The van der Waals surface area contributed by atoms with Gasteiger partial charge >= 0.3 is 30.3 Å². The normalized spacial score (nSPS) is 18.6. The zero-order valence-electron chi connectivity index (χ0n) is 27.3. The number of carbonyl (C=O) groups is 4. The smallest absolute Gasteiger partial charge is 0.411 e. The molecular formula is C33H42ClN3O11. The maximum atomic E-state index is 12.2. The molecule has 2 saturated heterocycles. The number of nitrogens with zero attached hydrogens (tertiary/aromatic N) is 3. The highest BCUT2D eigenvalue weighted by Gasteiger charge is 2.44. The van der Waals surface area contributed by atoms with Crippen LogP contribution >= 0.6 is 12.4 Å². The van der Waals surface area contributed by atoms with Gasteiger partial charge in [0.25, 0.3) is 0 Å². The monoisotopic (exact) mass is 691 g/mol. The third kappa shape index (κ3) is 14.2. The van der Waals surface area contributed by atoms with Crippen molar-refractivity contribution in [3.63, 3.8) is 0 Å². The molecule has 2 aliphatic rings. The number of rotatable bonds is 7. The summed E-state index contributed by atoms with van der Waals surface area (Å²) in [6.45, 7) is 12.1. The van der Waals surface area contributed by atoms with Crippen molar-refractivity contribution in [1.29, 1.82) is 0 Å². The molecule has 4 rings (SSSR count). The number of amides is 2. The Bertz CT molecular complexity index is 1340. The molecular weight excluding hydrogens is 650 g/mol. The lowest BCUT2D eigenvalue weighted by Gasteiger charge is -2.21. The minimum atomic E-state index is -0.734. The average molecular weight is 692 g/mol. The number of aliphatic hydroxyl groups excluding tert-OH is 1. The molecule has 262 valence electrons. The number of likely N-dealkylation sites (tertiary alicyclic amines) is 2. The molecule has 2 heterocycles. The van der Waals surface area contributed by atoms with Crippen LogP contribution in [0, 0.1) is 12.5 Å². The number of hydrogen-bond donors (Lipinski definition) is 1. The summed E-state index contributed by atoms with van der Waals surface area (Å²) >= 11 is 0. The first-order valence-electron chi connectivity index (χ1n) is 14.7. The van der Waals surface area contributed by atoms with Crippen LogP contribution in [0.1, 0.15) is 37.8 Å². The molecule has 0 saturated carbocycles. The summed E-state index contributed by atoms with van der Waals surface area (Å²) in [5.74, 6) is -0.598. The second-order valence-corrected chi connectivity index (χ2v) is 10.1. The molecule has 0 bridgehead atoms. The van der Waals surface area contributed by atoms with E-state index in [4.69, 9.17) is 40.2 Å². The molecule has 2 fully saturated rings. The Kier molecular flexibility index (Phi) is 21.7. The highest BCUT2D eigenvalue weighted by molar-refractivity contribution is 5.85. The first kappa shape index (κ1) is 43.0. The summed E-state index contributed by atoms with van der Waals surface area (Å²) in [6.07, 6.45) is 0.109. The summed E-state index contributed by atoms with van der Waals surface area (Å²) in [4.78, 5) is 70.3. The van der Waals surface area contributed by atoms with Crippen molar-refractivity contribution in [3.05, 3.63) is 83.2 Å². The van der Waals surface area contributed by atoms with E-state index in [0.29, 0.717) is 19.4 Å². The maximum absolute atomic E-state index is 12.2. The van der Waals surface area contributed by atoms with Crippen molar-refractivity contribution in [2.75, 3.05) is 33.9 Å². The Morgan fingerprint density at radius 2 is 1.25 bits per heavy atom. The number of benzene rings is 2. The minimum absolute atomic E-state index is 0. The summed E-state index contributed by atoms with van der Waals surface area (Å²) in [7, 11) is 2.33. The first-order valence-corrected chi connectivity index (χ1v) is 14.7. The lowest BCUT2D eigenvalue weighted by Crippen LogP contribution is -2.41. The van der Waals surface area contributed by atoms with Gasteiger partial charge in [-0.05, 0) is 30.4 Å². The molecule has 0 aromatic heterocycles. The summed E-state index contributed by atoms with van der Waals surface area (Å²) < 4.78 is 20.2. The number of halogens is 1. The van der Waals surface area contributed by atoms with E-state index in [1.54, 1.807) is 6.92 Å². The molecule has 14 nitrogen and oxygen atoms in total. The standard InChI is InChI=1S/C16H18N2O4.C15H19NO4.CO2.CH4O.ClH/c1-3-21-15(19)14-9-13(17-2)10-18(14)16(20)22-11-12-7-5-4-6-8-12;1-11-8-13(14(17)19-2)16(9-11)15(18)20-10-12-6-4-3-5-7-12;2-1-3;1-2;/h4-8,13-14H,3,9-11H2,1H3;3-7,11,13H,8-10H2,1-2H3;;2H,1H3;1H/t13-,14-;11-,13-;;;/m00.../s1. The predicted octanol–water partition coefficient (Wildman–Crippen LogP) is 3.90. The van der Waals surface area contributed by atoms with Gasteiger partial charge in [0.1, 0.15) is 31.8 Å². The van der Waals surface area contributed by atoms with Crippen LogP contribution in [0.2, 0.25) is 0 Å².